The molecule has 3 rings (SSSR count). The smallest absolute Gasteiger partial charge is 0.315 e. The average Bonchev–Trinajstić information content (AvgIpc) is 3.19. The molecule has 1 aliphatic heterocycles. The standard InChI is InChI=1S/C19H26N4O2/c1-13(11-23-9-8-20-15(23)3)10-21-19(24)22-14(2)17-12-25-18-7-5-4-6-16(17)18/h4-9,13-14,17H,10-12H2,1-3H3,(H2,21,22,24)/t13-,14+,17-/m1/s1. The molecule has 0 aliphatic carbocycles. The van der Waals surface area contributed by atoms with E-state index >= 15 is 0 Å². The van der Waals surface area contributed by atoms with Gasteiger partial charge in [0.15, 0.2) is 0 Å². The van der Waals surface area contributed by atoms with E-state index in [9.17, 15) is 4.79 Å². The third kappa shape index (κ3) is 4.13. The SMILES string of the molecule is Cc1nccn1C[C@H](C)CNC(=O)N[C@@H](C)[C@H]1COc2ccccc21. The van der Waals surface area contributed by atoms with Crippen molar-refractivity contribution >= 4 is 6.03 Å². The number of benzene rings is 1. The summed E-state index contributed by atoms with van der Waals surface area (Å²) in [7, 11) is 0. The monoisotopic (exact) mass is 342 g/mol. The highest BCUT2D eigenvalue weighted by molar-refractivity contribution is 5.74. The lowest BCUT2D eigenvalue weighted by atomic mass is 9.94. The van der Waals surface area contributed by atoms with Crippen molar-refractivity contribution in [3.8, 4) is 5.75 Å². The molecular formula is C19H26N4O2. The first kappa shape index (κ1) is 17.3. The summed E-state index contributed by atoms with van der Waals surface area (Å²) in [6.45, 7) is 8.19. The molecule has 1 aromatic carbocycles. The van der Waals surface area contributed by atoms with Crippen LogP contribution < -0.4 is 15.4 Å². The Morgan fingerprint density at radius 1 is 1.40 bits per heavy atom. The average molecular weight is 342 g/mol. The van der Waals surface area contributed by atoms with Gasteiger partial charge >= 0.3 is 6.03 Å². The van der Waals surface area contributed by atoms with Crippen LogP contribution in [0.4, 0.5) is 4.79 Å². The van der Waals surface area contributed by atoms with Crippen LogP contribution in [0.25, 0.3) is 0 Å². The molecule has 0 saturated carbocycles. The number of imidazole rings is 1. The summed E-state index contributed by atoms with van der Waals surface area (Å²) in [6.07, 6.45) is 3.76. The lowest BCUT2D eigenvalue weighted by molar-refractivity contribution is 0.231. The van der Waals surface area contributed by atoms with Crippen molar-refractivity contribution in [2.45, 2.75) is 39.3 Å². The third-order valence-electron chi connectivity index (χ3n) is 4.74. The van der Waals surface area contributed by atoms with Crippen LogP contribution in [0.1, 0.15) is 31.2 Å². The number of rotatable bonds is 6. The predicted molar refractivity (Wildman–Crippen MR) is 96.8 cm³/mol. The van der Waals surface area contributed by atoms with Gasteiger partial charge in [0, 0.05) is 43.0 Å². The van der Waals surface area contributed by atoms with Crippen molar-refractivity contribution in [2.75, 3.05) is 13.2 Å². The highest BCUT2D eigenvalue weighted by Crippen LogP contribution is 2.35. The Bertz CT molecular complexity index is 728. The van der Waals surface area contributed by atoms with E-state index in [0.717, 1.165) is 18.1 Å². The van der Waals surface area contributed by atoms with Crippen LogP contribution >= 0.6 is 0 Å². The quantitative estimate of drug-likeness (QED) is 0.848. The molecule has 6 heteroatoms. The summed E-state index contributed by atoms with van der Waals surface area (Å²) in [6, 6.07) is 7.89. The van der Waals surface area contributed by atoms with Crippen LogP contribution in [0.5, 0.6) is 5.75 Å². The maximum atomic E-state index is 12.2. The minimum atomic E-state index is -0.133. The first-order chi connectivity index (χ1) is 12.0. The second-order valence-electron chi connectivity index (χ2n) is 6.83. The zero-order valence-electron chi connectivity index (χ0n) is 15.0. The van der Waals surface area contributed by atoms with E-state index in [4.69, 9.17) is 4.74 Å². The van der Waals surface area contributed by atoms with E-state index in [1.165, 1.54) is 5.56 Å². The molecule has 0 radical (unpaired) electrons. The Balaban J connectivity index is 1.45. The van der Waals surface area contributed by atoms with Crippen LogP contribution in [0, 0.1) is 12.8 Å². The molecule has 2 amide bonds. The number of fused-ring (bicyclic) bond motifs is 1. The Morgan fingerprint density at radius 2 is 2.20 bits per heavy atom. The second kappa shape index (κ2) is 7.59. The first-order valence-electron chi connectivity index (χ1n) is 8.78. The Morgan fingerprint density at radius 3 is 2.96 bits per heavy atom. The summed E-state index contributed by atoms with van der Waals surface area (Å²) in [5.74, 6) is 2.42. The molecule has 2 N–H and O–H groups in total. The predicted octanol–water partition coefficient (Wildman–Crippen LogP) is 2.69. The molecule has 0 fully saturated rings. The van der Waals surface area contributed by atoms with E-state index in [2.05, 4.69) is 33.2 Å². The van der Waals surface area contributed by atoms with Gasteiger partial charge < -0.3 is 19.9 Å². The molecule has 2 aromatic rings. The number of hydrogen-bond donors (Lipinski definition) is 2. The number of para-hydroxylation sites is 1. The number of hydrogen-bond acceptors (Lipinski definition) is 3. The molecule has 134 valence electrons. The summed E-state index contributed by atoms with van der Waals surface area (Å²) in [5.41, 5.74) is 1.17. The number of aromatic nitrogens is 2. The van der Waals surface area contributed by atoms with Crippen molar-refractivity contribution in [1.29, 1.82) is 0 Å². The van der Waals surface area contributed by atoms with Gasteiger partial charge in [-0.05, 0) is 25.8 Å². The highest BCUT2D eigenvalue weighted by atomic mass is 16.5. The van der Waals surface area contributed by atoms with E-state index < -0.39 is 0 Å². The van der Waals surface area contributed by atoms with Gasteiger partial charge in [-0.25, -0.2) is 9.78 Å². The number of urea groups is 1. The summed E-state index contributed by atoms with van der Waals surface area (Å²) >= 11 is 0. The molecule has 1 aliphatic rings. The van der Waals surface area contributed by atoms with Gasteiger partial charge in [-0.2, -0.15) is 0 Å². The molecule has 25 heavy (non-hydrogen) atoms. The van der Waals surface area contributed by atoms with Crippen LogP contribution in [-0.4, -0.2) is 34.8 Å². The highest BCUT2D eigenvalue weighted by Gasteiger charge is 2.29. The van der Waals surface area contributed by atoms with Crippen molar-refractivity contribution in [3.05, 3.63) is 48.0 Å². The molecule has 3 atom stereocenters. The molecule has 6 nitrogen and oxygen atoms in total. The molecule has 0 spiro atoms. The normalized spacial score (nSPS) is 18.1. The number of amides is 2. The fourth-order valence-corrected chi connectivity index (χ4v) is 3.22. The van der Waals surface area contributed by atoms with Crippen molar-refractivity contribution in [3.63, 3.8) is 0 Å². The number of nitrogens with one attached hydrogen (secondary N) is 2. The maximum Gasteiger partial charge on any atom is 0.315 e. The molecule has 0 saturated heterocycles. The van der Waals surface area contributed by atoms with E-state index in [-0.39, 0.29) is 18.0 Å². The van der Waals surface area contributed by atoms with E-state index in [1.54, 1.807) is 6.20 Å². The van der Waals surface area contributed by atoms with Gasteiger partial charge in [0.1, 0.15) is 11.6 Å². The van der Waals surface area contributed by atoms with Crippen LogP contribution in [-0.2, 0) is 6.54 Å². The molecule has 1 aromatic heterocycles. The maximum absolute atomic E-state index is 12.2. The number of aryl methyl sites for hydroxylation is 1. The van der Waals surface area contributed by atoms with Crippen molar-refractivity contribution in [2.24, 2.45) is 5.92 Å². The van der Waals surface area contributed by atoms with Crippen molar-refractivity contribution < 1.29 is 9.53 Å². The van der Waals surface area contributed by atoms with E-state index in [1.807, 2.05) is 38.2 Å². The van der Waals surface area contributed by atoms with Gasteiger partial charge in [-0.1, -0.05) is 25.1 Å². The Hall–Kier alpha value is -2.50. The summed E-state index contributed by atoms with van der Waals surface area (Å²) < 4.78 is 7.80. The van der Waals surface area contributed by atoms with Crippen molar-refractivity contribution in [1.82, 2.24) is 20.2 Å². The number of nitrogens with zero attached hydrogens (tertiary/aromatic N) is 2. The molecule has 2 heterocycles. The van der Waals surface area contributed by atoms with Gasteiger partial charge in [0.05, 0.1) is 6.61 Å². The van der Waals surface area contributed by atoms with Gasteiger partial charge in [-0.15, -0.1) is 0 Å². The minimum Gasteiger partial charge on any atom is -0.493 e. The molecule has 0 bridgehead atoms. The molecule has 0 unspecified atom stereocenters. The zero-order valence-corrected chi connectivity index (χ0v) is 15.0. The summed E-state index contributed by atoms with van der Waals surface area (Å²) in [5, 5.41) is 6.01. The number of carbonyl (C=O) groups excluding carboxylic acids is 1. The van der Waals surface area contributed by atoms with Gasteiger partial charge in [0.25, 0.3) is 0 Å². The second-order valence-corrected chi connectivity index (χ2v) is 6.83. The Kier molecular flexibility index (Phi) is 5.26. The minimum absolute atomic E-state index is 0.00912. The first-order valence-corrected chi connectivity index (χ1v) is 8.78. The van der Waals surface area contributed by atoms with E-state index in [0.29, 0.717) is 19.1 Å². The largest absolute Gasteiger partial charge is 0.493 e. The van der Waals surface area contributed by atoms with Gasteiger partial charge in [0.2, 0.25) is 0 Å². The van der Waals surface area contributed by atoms with Crippen LogP contribution in [0.2, 0.25) is 0 Å². The van der Waals surface area contributed by atoms with Crippen LogP contribution in [0.3, 0.4) is 0 Å². The molecular weight excluding hydrogens is 316 g/mol. The fourth-order valence-electron chi connectivity index (χ4n) is 3.22. The zero-order chi connectivity index (χ0) is 17.8. The lowest BCUT2D eigenvalue weighted by Gasteiger charge is -2.21. The summed E-state index contributed by atoms with van der Waals surface area (Å²) in [4.78, 5) is 16.4. The van der Waals surface area contributed by atoms with Crippen LogP contribution in [0.15, 0.2) is 36.7 Å². The topological polar surface area (TPSA) is 68.2 Å². The number of ether oxygens (including phenoxy) is 1. The Labute approximate surface area is 148 Å². The lowest BCUT2D eigenvalue weighted by Crippen LogP contribution is -2.45. The van der Waals surface area contributed by atoms with Gasteiger partial charge in [-0.3, -0.25) is 0 Å². The number of carbonyl (C=O) groups is 1. The third-order valence-corrected chi connectivity index (χ3v) is 4.74. The fraction of sp³-hybridized carbons (Fsp3) is 0.474.